The lowest BCUT2D eigenvalue weighted by molar-refractivity contribution is -0.112. The van der Waals surface area contributed by atoms with Crippen LogP contribution in [0.3, 0.4) is 0 Å². The summed E-state index contributed by atoms with van der Waals surface area (Å²) in [6, 6.07) is 0. The molecule has 0 fully saturated rings. The monoisotopic (exact) mass is 226 g/mol. The Morgan fingerprint density at radius 3 is 3.21 bits per heavy atom. The minimum atomic E-state index is -0.00811. The number of imidazole rings is 1. The topological polar surface area (TPSA) is 34.4 Å². The molecule has 0 radical (unpaired) electrons. The van der Waals surface area contributed by atoms with E-state index >= 15 is 0 Å². The fourth-order valence-electron chi connectivity index (χ4n) is 1.12. The predicted octanol–water partition coefficient (Wildman–Crippen LogP) is 2.65. The molecule has 0 spiro atoms. The van der Waals surface area contributed by atoms with Gasteiger partial charge in [0.2, 0.25) is 0 Å². The van der Waals surface area contributed by atoms with Crippen molar-refractivity contribution in [1.29, 1.82) is 0 Å². The zero-order valence-corrected chi connectivity index (χ0v) is 8.97. The smallest absolute Gasteiger partial charge is 0.195 e. The number of hydrogen-bond donors (Lipinski definition) is 0. The highest BCUT2D eigenvalue weighted by Gasteiger charge is 2.07. The molecule has 0 amide bonds. The molecule has 0 unspecified atom stereocenters. The number of carbonyl (C=O) groups excluding carboxylic acids is 1. The Kier molecular flexibility index (Phi) is 2.39. The number of aromatic nitrogens is 2. The highest BCUT2D eigenvalue weighted by Crippen LogP contribution is 2.22. The SMILES string of the molecule is CC(=O)C=Cc1c(Cl)nc2sccn12. The summed E-state index contributed by atoms with van der Waals surface area (Å²) < 4.78 is 1.85. The van der Waals surface area contributed by atoms with Gasteiger partial charge in [-0.05, 0) is 19.1 Å². The lowest BCUT2D eigenvalue weighted by Crippen LogP contribution is -1.84. The van der Waals surface area contributed by atoms with Crippen molar-refractivity contribution in [3.63, 3.8) is 0 Å². The first-order valence-electron chi connectivity index (χ1n) is 3.98. The van der Waals surface area contributed by atoms with Crippen LogP contribution in [0.2, 0.25) is 5.15 Å². The van der Waals surface area contributed by atoms with E-state index in [4.69, 9.17) is 11.6 Å². The summed E-state index contributed by atoms with van der Waals surface area (Å²) in [5.41, 5.74) is 0.748. The van der Waals surface area contributed by atoms with E-state index < -0.39 is 0 Å². The summed E-state index contributed by atoms with van der Waals surface area (Å²) in [5, 5.41) is 2.35. The van der Waals surface area contributed by atoms with E-state index in [0.29, 0.717) is 5.15 Å². The Bertz CT molecular complexity index is 512. The molecule has 0 aliphatic heterocycles. The highest BCUT2D eigenvalue weighted by molar-refractivity contribution is 7.15. The van der Waals surface area contributed by atoms with Gasteiger partial charge in [0.25, 0.3) is 0 Å². The van der Waals surface area contributed by atoms with Crippen LogP contribution in [-0.2, 0) is 4.79 Å². The molecular formula is C9H7ClN2OS. The van der Waals surface area contributed by atoms with Crippen molar-refractivity contribution >= 4 is 39.8 Å². The van der Waals surface area contributed by atoms with Crippen molar-refractivity contribution in [2.45, 2.75) is 6.92 Å². The summed E-state index contributed by atoms with van der Waals surface area (Å²) in [5.74, 6) is -0.00811. The first-order chi connectivity index (χ1) is 6.68. The average molecular weight is 227 g/mol. The van der Waals surface area contributed by atoms with Gasteiger partial charge in [-0.2, -0.15) is 0 Å². The maximum Gasteiger partial charge on any atom is 0.195 e. The largest absolute Gasteiger partial charge is 0.295 e. The van der Waals surface area contributed by atoms with Crippen molar-refractivity contribution in [2.24, 2.45) is 0 Å². The Labute approximate surface area is 89.6 Å². The zero-order valence-electron chi connectivity index (χ0n) is 7.40. The maximum absolute atomic E-state index is 10.8. The molecule has 2 aromatic heterocycles. The lowest BCUT2D eigenvalue weighted by Gasteiger charge is -1.89. The van der Waals surface area contributed by atoms with Crippen LogP contribution in [0.25, 0.3) is 11.0 Å². The van der Waals surface area contributed by atoms with Gasteiger partial charge in [0.1, 0.15) is 0 Å². The van der Waals surface area contributed by atoms with E-state index in [2.05, 4.69) is 4.98 Å². The van der Waals surface area contributed by atoms with Crippen LogP contribution < -0.4 is 0 Å². The van der Waals surface area contributed by atoms with Crippen LogP contribution >= 0.6 is 22.9 Å². The molecule has 14 heavy (non-hydrogen) atoms. The molecule has 0 atom stereocenters. The molecule has 2 aromatic rings. The number of hydrogen-bond acceptors (Lipinski definition) is 3. The van der Waals surface area contributed by atoms with Gasteiger partial charge < -0.3 is 0 Å². The predicted molar refractivity (Wildman–Crippen MR) is 57.8 cm³/mol. The van der Waals surface area contributed by atoms with Gasteiger partial charge in [0, 0.05) is 11.6 Å². The van der Waals surface area contributed by atoms with Gasteiger partial charge in [-0.3, -0.25) is 9.20 Å². The fourth-order valence-corrected chi connectivity index (χ4v) is 2.13. The molecule has 72 valence electrons. The maximum atomic E-state index is 10.8. The van der Waals surface area contributed by atoms with Crippen LogP contribution in [-0.4, -0.2) is 15.2 Å². The number of carbonyl (C=O) groups is 1. The van der Waals surface area contributed by atoms with Crippen molar-refractivity contribution in [3.05, 3.63) is 28.5 Å². The van der Waals surface area contributed by atoms with E-state index in [1.807, 2.05) is 16.0 Å². The van der Waals surface area contributed by atoms with Gasteiger partial charge in [0.15, 0.2) is 15.9 Å². The standard InChI is InChI=1S/C9H7ClN2OS/c1-6(13)2-3-7-8(10)11-9-12(7)4-5-14-9/h2-5H,1H3. The molecule has 3 nitrogen and oxygen atoms in total. The number of fused-ring (bicyclic) bond motifs is 1. The Morgan fingerprint density at radius 2 is 2.50 bits per heavy atom. The fraction of sp³-hybridized carbons (Fsp3) is 0.111. The zero-order chi connectivity index (χ0) is 10.1. The molecule has 0 saturated heterocycles. The lowest BCUT2D eigenvalue weighted by atomic mass is 10.3. The Balaban J connectivity index is 2.54. The summed E-state index contributed by atoms with van der Waals surface area (Å²) in [6.45, 7) is 1.50. The van der Waals surface area contributed by atoms with Crippen LogP contribution in [0.15, 0.2) is 17.7 Å². The van der Waals surface area contributed by atoms with E-state index in [-0.39, 0.29) is 5.78 Å². The molecule has 0 aromatic carbocycles. The van der Waals surface area contributed by atoms with Crippen LogP contribution in [0, 0.1) is 0 Å². The Hall–Kier alpha value is -1.13. The quantitative estimate of drug-likeness (QED) is 0.738. The number of thiazole rings is 1. The van der Waals surface area contributed by atoms with E-state index in [0.717, 1.165) is 10.7 Å². The van der Waals surface area contributed by atoms with Crippen LogP contribution in [0.4, 0.5) is 0 Å². The van der Waals surface area contributed by atoms with Crippen molar-refractivity contribution < 1.29 is 4.79 Å². The van der Waals surface area contributed by atoms with E-state index in [1.165, 1.54) is 24.3 Å². The third kappa shape index (κ3) is 1.58. The normalized spacial score (nSPS) is 11.6. The summed E-state index contributed by atoms with van der Waals surface area (Å²) in [7, 11) is 0. The second kappa shape index (κ2) is 3.55. The second-order valence-corrected chi connectivity index (χ2v) is 4.02. The van der Waals surface area contributed by atoms with E-state index in [9.17, 15) is 4.79 Å². The number of allylic oxidation sites excluding steroid dienone is 1. The van der Waals surface area contributed by atoms with Gasteiger partial charge >= 0.3 is 0 Å². The number of ketones is 1. The third-order valence-corrected chi connectivity index (χ3v) is 2.76. The summed E-state index contributed by atoms with van der Waals surface area (Å²) in [6.07, 6.45) is 5.03. The molecule has 0 saturated carbocycles. The third-order valence-electron chi connectivity index (χ3n) is 1.73. The van der Waals surface area contributed by atoms with Gasteiger partial charge in [-0.15, -0.1) is 11.3 Å². The van der Waals surface area contributed by atoms with Gasteiger partial charge in [0.05, 0.1) is 5.69 Å². The minimum Gasteiger partial charge on any atom is -0.295 e. The highest BCUT2D eigenvalue weighted by atomic mass is 35.5. The summed E-state index contributed by atoms with van der Waals surface area (Å²) in [4.78, 5) is 15.7. The van der Waals surface area contributed by atoms with Crippen molar-refractivity contribution in [3.8, 4) is 0 Å². The van der Waals surface area contributed by atoms with Crippen LogP contribution in [0.1, 0.15) is 12.6 Å². The van der Waals surface area contributed by atoms with Gasteiger partial charge in [-0.25, -0.2) is 4.98 Å². The molecule has 0 N–H and O–H groups in total. The van der Waals surface area contributed by atoms with Gasteiger partial charge in [-0.1, -0.05) is 11.6 Å². The second-order valence-electron chi connectivity index (χ2n) is 2.79. The number of halogens is 1. The molecule has 5 heteroatoms. The molecule has 0 aliphatic rings. The molecule has 2 heterocycles. The molecule has 0 bridgehead atoms. The summed E-state index contributed by atoms with van der Waals surface area (Å²) >= 11 is 7.41. The first kappa shape index (κ1) is 9.43. The average Bonchev–Trinajstić information content (AvgIpc) is 2.61. The van der Waals surface area contributed by atoms with Crippen molar-refractivity contribution in [2.75, 3.05) is 0 Å². The minimum absolute atomic E-state index is 0.00811. The molecule has 2 rings (SSSR count). The molecule has 0 aliphatic carbocycles. The number of rotatable bonds is 2. The first-order valence-corrected chi connectivity index (χ1v) is 5.24. The number of nitrogens with zero attached hydrogens (tertiary/aromatic N) is 2. The Morgan fingerprint density at radius 1 is 1.71 bits per heavy atom. The van der Waals surface area contributed by atoms with E-state index in [1.54, 1.807) is 6.08 Å². The van der Waals surface area contributed by atoms with Crippen LogP contribution in [0.5, 0.6) is 0 Å². The molecular weight excluding hydrogens is 220 g/mol. The van der Waals surface area contributed by atoms with Crippen molar-refractivity contribution in [1.82, 2.24) is 9.38 Å².